The minimum absolute atomic E-state index is 0.0990. The Labute approximate surface area is 222 Å². The summed E-state index contributed by atoms with van der Waals surface area (Å²) in [7, 11) is 1.71. The van der Waals surface area contributed by atoms with Gasteiger partial charge in [-0.3, -0.25) is 14.6 Å². The van der Waals surface area contributed by atoms with Gasteiger partial charge in [-0.25, -0.2) is 0 Å². The molecule has 3 atom stereocenters. The summed E-state index contributed by atoms with van der Waals surface area (Å²) in [6.07, 6.45) is 0. The lowest BCUT2D eigenvalue weighted by Gasteiger charge is -2.47. The van der Waals surface area contributed by atoms with Gasteiger partial charge < -0.3 is 9.64 Å². The first kappa shape index (κ1) is 26.9. The summed E-state index contributed by atoms with van der Waals surface area (Å²) < 4.78 is 5.32. The molecule has 4 rings (SSSR count). The fraction of sp³-hybridized carbons (Fsp3) is 0.406. The number of rotatable bonds is 9. The SMILES string of the molecule is CCN(CC)C(=O)c1ccc(C(c2ccccc2)N2C[C@@H](C)N(Cc3ccc(OC)cc3)C[C@@H]2C)cc1. The van der Waals surface area contributed by atoms with Gasteiger partial charge in [-0.15, -0.1) is 0 Å². The van der Waals surface area contributed by atoms with Crippen molar-refractivity contribution in [1.29, 1.82) is 0 Å². The van der Waals surface area contributed by atoms with Crippen LogP contribution in [0.4, 0.5) is 0 Å². The van der Waals surface area contributed by atoms with Gasteiger partial charge in [0.05, 0.1) is 13.2 Å². The van der Waals surface area contributed by atoms with Gasteiger partial charge in [-0.1, -0.05) is 54.6 Å². The van der Waals surface area contributed by atoms with Crippen molar-refractivity contribution in [3.8, 4) is 5.75 Å². The number of benzene rings is 3. The number of methoxy groups -OCH3 is 1. The van der Waals surface area contributed by atoms with Crippen molar-refractivity contribution in [3.05, 3.63) is 101 Å². The van der Waals surface area contributed by atoms with Crippen LogP contribution < -0.4 is 4.74 Å². The van der Waals surface area contributed by atoms with E-state index in [1.165, 1.54) is 16.7 Å². The van der Waals surface area contributed by atoms with Crippen molar-refractivity contribution in [3.63, 3.8) is 0 Å². The Morgan fingerprint density at radius 3 is 2.08 bits per heavy atom. The average molecular weight is 500 g/mol. The molecule has 0 bridgehead atoms. The van der Waals surface area contributed by atoms with Crippen molar-refractivity contribution in [2.75, 3.05) is 33.3 Å². The van der Waals surface area contributed by atoms with Crippen molar-refractivity contribution < 1.29 is 9.53 Å². The van der Waals surface area contributed by atoms with Crippen LogP contribution in [0.25, 0.3) is 0 Å². The number of nitrogens with zero attached hydrogens (tertiary/aromatic N) is 3. The lowest BCUT2D eigenvalue weighted by Crippen LogP contribution is -2.56. The Morgan fingerprint density at radius 2 is 1.49 bits per heavy atom. The Morgan fingerprint density at radius 1 is 0.865 bits per heavy atom. The average Bonchev–Trinajstić information content (AvgIpc) is 2.93. The summed E-state index contributed by atoms with van der Waals surface area (Å²) in [5, 5.41) is 0. The quantitative estimate of drug-likeness (QED) is 0.369. The van der Waals surface area contributed by atoms with E-state index in [0.29, 0.717) is 12.1 Å². The van der Waals surface area contributed by atoms with Crippen LogP contribution in [0.2, 0.25) is 0 Å². The molecule has 0 radical (unpaired) electrons. The van der Waals surface area contributed by atoms with Crippen LogP contribution >= 0.6 is 0 Å². The van der Waals surface area contributed by atoms with Crippen LogP contribution in [0.3, 0.4) is 0 Å². The lowest BCUT2D eigenvalue weighted by atomic mass is 9.92. The standard InChI is InChI=1S/C32H41N3O2/c1-6-33(7-2)32(36)29-17-15-28(16-18-29)31(27-11-9-8-10-12-27)35-22-24(3)34(21-25(35)4)23-26-13-19-30(37-5)20-14-26/h8-20,24-25,31H,6-7,21-23H2,1-5H3/t24-,25+,31?/m1/s1. The zero-order valence-electron chi connectivity index (χ0n) is 22.9. The second kappa shape index (κ2) is 12.4. The predicted octanol–water partition coefficient (Wildman–Crippen LogP) is 5.86. The first-order chi connectivity index (χ1) is 17.9. The minimum atomic E-state index is 0.0990. The molecule has 1 aliphatic heterocycles. The molecule has 3 aromatic carbocycles. The van der Waals surface area contributed by atoms with E-state index in [1.807, 2.05) is 43.0 Å². The maximum Gasteiger partial charge on any atom is 0.253 e. The number of carbonyl (C=O) groups is 1. The van der Waals surface area contributed by atoms with E-state index in [0.717, 1.165) is 44.0 Å². The second-order valence-corrected chi connectivity index (χ2v) is 10.1. The first-order valence-corrected chi connectivity index (χ1v) is 13.5. The zero-order chi connectivity index (χ0) is 26.4. The molecule has 1 unspecified atom stereocenters. The molecule has 1 aliphatic rings. The second-order valence-electron chi connectivity index (χ2n) is 10.1. The van der Waals surface area contributed by atoms with Gasteiger partial charge in [-0.2, -0.15) is 0 Å². The third kappa shape index (κ3) is 6.23. The van der Waals surface area contributed by atoms with Crippen LogP contribution in [0, 0.1) is 0 Å². The third-order valence-electron chi connectivity index (χ3n) is 7.68. The van der Waals surface area contributed by atoms with E-state index in [1.54, 1.807) is 7.11 Å². The molecule has 1 fully saturated rings. The van der Waals surface area contributed by atoms with Gasteiger partial charge in [0.15, 0.2) is 0 Å². The molecule has 1 saturated heterocycles. The van der Waals surface area contributed by atoms with E-state index in [2.05, 4.69) is 78.2 Å². The summed E-state index contributed by atoms with van der Waals surface area (Å²) in [6, 6.07) is 28.4. The zero-order valence-corrected chi connectivity index (χ0v) is 22.9. The van der Waals surface area contributed by atoms with Gasteiger partial charge >= 0.3 is 0 Å². The van der Waals surface area contributed by atoms with E-state index in [-0.39, 0.29) is 11.9 Å². The van der Waals surface area contributed by atoms with Gasteiger partial charge in [0.25, 0.3) is 5.91 Å². The van der Waals surface area contributed by atoms with Crippen LogP contribution in [-0.4, -0.2) is 66.0 Å². The smallest absolute Gasteiger partial charge is 0.253 e. The summed E-state index contributed by atoms with van der Waals surface area (Å²) in [6.45, 7) is 13.1. The Kier molecular flexibility index (Phi) is 9.01. The molecule has 0 aliphatic carbocycles. The maximum absolute atomic E-state index is 12.9. The summed E-state index contributed by atoms with van der Waals surface area (Å²) in [5.74, 6) is 0.993. The first-order valence-electron chi connectivity index (χ1n) is 13.5. The highest BCUT2D eigenvalue weighted by atomic mass is 16.5. The molecule has 0 spiro atoms. The van der Waals surface area contributed by atoms with E-state index in [9.17, 15) is 4.79 Å². The molecule has 1 heterocycles. The molecule has 196 valence electrons. The highest BCUT2D eigenvalue weighted by Gasteiger charge is 2.34. The molecular formula is C32H41N3O2. The van der Waals surface area contributed by atoms with Crippen molar-refractivity contribution in [2.24, 2.45) is 0 Å². The van der Waals surface area contributed by atoms with E-state index in [4.69, 9.17) is 4.74 Å². The summed E-state index contributed by atoms with van der Waals surface area (Å²) in [4.78, 5) is 20.0. The van der Waals surface area contributed by atoms with E-state index >= 15 is 0 Å². The van der Waals surface area contributed by atoms with Crippen LogP contribution in [0.5, 0.6) is 5.75 Å². The normalized spacial score (nSPS) is 19.4. The molecule has 0 aromatic heterocycles. The molecule has 0 N–H and O–H groups in total. The number of amides is 1. The molecule has 37 heavy (non-hydrogen) atoms. The van der Waals surface area contributed by atoms with Gasteiger partial charge in [0.1, 0.15) is 5.75 Å². The number of hydrogen-bond acceptors (Lipinski definition) is 4. The van der Waals surface area contributed by atoms with Gasteiger partial charge in [0.2, 0.25) is 0 Å². The Hall–Kier alpha value is -3.15. The van der Waals surface area contributed by atoms with Gasteiger partial charge in [0, 0.05) is 50.4 Å². The molecule has 0 saturated carbocycles. The fourth-order valence-corrected chi connectivity index (χ4v) is 5.48. The molecule has 5 heteroatoms. The van der Waals surface area contributed by atoms with Crippen molar-refractivity contribution >= 4 is 5.91 Å². The lowest BCUT2D eigenvalue weighted by molar-refractivity contribution is 0.0195. The summed E-state index contributed by atoms with van der Waals surface area (Å²) >= 11 is 0. The number of carbonyl (C=O) groups excluding carboxylic acids is 1. The molecule has 5 nitrogen and oxygen atoms in total. The van der Waals surface area contributed by atoms with Crippen LogP contribution in [0.1, 0.15) is 60.8 Å². The largest absolute Gasteiger partial charge is 0.497 e. The number of piperazine rings is 1. The van der Waals surface area contributed by atoms with Gasteiger partial charge in [-0.05, 0) is 68.7 Å². The van der Waals surface area contributed by atoms with Crippen LogP contribution in [0.15, 0.2) is 78.9 Å². The van der Waals surface area contributed by atoms with Crippen molar-refractivity contribution in [1.82, 2.24) is 14.7 Å². The topological polar surface area (TPSA) is 36.0 Å². The Balaban J connectivity index is 1.56. The van der Waals surface area contributed by atoms with Crippen LogP contribution in [-0.2, 0) is 6.54 Å². The highest BCUT2D eigenvalue weighted by molar-refractivity contribution is 5.94. The minimum Gasteiger partial charge on any atom is -0.497 e. The molecule has 3 aromatic rings. The Bertz CT molecular complexity index is 1130. The third-order valence-corrected chi connectivity index (χ3v) is 7.68. The monoisotopic (exact) mass is 499 g/mol. The summed E-state index contributed by atoms with van der Waals surface area (Å²) in [5.41, 5.74) is 4.57. The highest BCUT2D eigenvalue weighted by Crippen LogP contribution is 2.34. The molecular weight excluding hydrogens is 458 g/mol. The van der Waals surface area contributed by atoms with E-state index < -0.39 is 0 Å². The maximum atomic E-state index is 12.9. The molecule has 1 amide bonds. The fourth-order valence-electron chi connectivity index (χ4n) is 5.48. The number of ether oxygens (including phenoxy) is 1. The van der Waals surface area contributed by atoms with Crippen molar-refractivity contribution in [2.45, 2.75) is 52.4 Å². The number of hydrogen-bond donors (Lipinski definition) is 0. The predicted molar refractivity (Wildman–Crippen MR) is 151 cm³/mol.